The van der Waals surface area contributed by atoms with E-state index < -0.39 is 5.41 Å². The second kappa shape index (κ2) is 12.6. The molecule has 0 spiro atoms. The normalized spacial score (nSPS) is 13.0. The maximum atomic E-state index is 13.0. The zero-order valence-corrected chi connectivity index (χ0v) is 20.9. The van der Waals surface area contributed by atoms with Gasteiger partial charge < -0.3 is 24.2 Å². The number of aryl methyl sites for hydroxylation is 1. The van der Waals surface area contributed by atoms with Gasteiger partial charge in [-0.05, 0) is 81.1 Å². The lowest BCUT2D eigenvalue weighted by Crippen LogP contribution is -2.37. The summed E-state index contributed by atoms with van der Waals surface area (Å²) in [6.45, 7) is 5.69. The Morgan fingerprint density at radius 1 is 1.03 bits per heavy atom. The van der Waals surface area contributed by atoms with E-state index in [1.165, 1.54) is 12.7 Å². The van der Waals surface area contributed by atoms with Crippen LogP contribution in [0.3, 0.4) is 0 Å². The number of aliphatic hydroxyl groups is 1. The Morgan fingerprint density at radius 2 is 1.76 bits per heavy atom. The summed E-state index contributed by atoms with van der Waals surface area (Å²) in [7, 11) is 6.82. The highest BCUT2D eigenvalue weighted by Gasteiger charge is 2.39. The molecule has 0 fully saturated rings. The zero-order chi connectivity index (χ0) is 24.4. The topological polar surface area (TPSA) is 68.2 Å². The molecule has 0 bridgehead atoms. The minimum Gasteiger partial charge on any atom is -0.496 e. The van der Waals surface area contributed by atoms with Crippen molar-refractivity contribution in [2.75, 3.05) is 41.5 Å². The first-order chi connectivity index (χ1) is 15.8. The number of hydrogen-bond acceptors (Lipinski definition) is 6. The third-order valence-electron chi connectivity index (χ3n) is 6.58. The summed E-state index contributed by atoms with van der Waals surface area (Å²) in [5.74, 6) is 1.29. The van der Waals surface area contributed by atoms with Gasteiger partial charge in [-0.25, -0.2) is 0 Å². The molecule has 0 aliphatic carbocycles. The lowest BCUT2D eigenvalue weighted by Gasteiger charge is -2.32. The molecule has 0 amide bonds. The third kappa shape index (κ3) is 6.49. The Labute approximate surface area is 198 Å². The Morgan fingerprint density at radius 3 is 2.36 bits per heavy atom. The Bertz CT molecular complexity index is 913. The highest BCUT2D eigenvalue weighted by Crippen LogP contribution is 2.37. The molecule has 0 radical (unpaired) electrons. The molecule has 0 aromatic heterocycles. The minimum atomic E-state index is -0.754. The van der Waals surface area contributed by atoms with Gasteiger partial charge in [0.2, 0.25) is 0 Å². The van der Waals surface area contributed by atoms with E-state index in [4.69, 9.17) is 14.2 Å². The first-order valence-corrected chi connectivity index (χ1v) is 11.5. The van der Waals surface area contributed by atoms with Crippen molar-refractivity contribution in [2.45, 2.75) is 51.6 Å². The van der Waals surface area contributed by atoms with Crippen LogP contribution in [0.2, 0.25) is 0 Å². The second-order valence-corrected chi connectivity index (χ2v) is 8.57. The summed E-state index contributed by atoms with van der Waals surface area (Å²) in [6.07, 6.45) is 3.05. The van der Waals surface area contributed by atoms with Crippen molar-refractivity contribution in [1.82, 2.24) is 4.90 Å². The molecular formula is C27H39NO5. The average Bonchev–Trinajstić information content (AvgIpc) is 2.85. The van der Waals surface area contributed by atoms with Crippen molar-refractivity contribution in [3.8, 4) is 11.5 Å². The van der Waals surface area contributed by atoms with Gasteiger partial charge in [-0.3, -0.25) is 4.79 Å². The largest absolute Gasteiger partial charge is 0.496 e. The van der Waals surface area contributed by atoms with Gasteiger partial charge in [0.25, 0.3) is 0 Å². The molecule has 0 aliphatic heterocycles. The number of esters is 1. The van der Waals surface area contributed by atoms with Crippen molar-refractivity contribution in [1.29, 1.82) is 0 Å². The number of ether oxygens (including phenoxy) is 3. The monoisotopic (exact) mass is 457 g/mol. The fraction of sp³-hybridized carbons (Fsp3) is 0.519. The fourth-order valence-corrected chi connectivity index (χ4v) is 4.39. The van der Waals surface area contributed by atoms with Crippen LogP contribution in [-0.2, 0) is 28.0 Å². The summed E-state index contributed by atoms with van der Waals surface area (Å²) in [5, 5.41) is 9.75. The van der Waals surface area contributed by atoms with Gasteiger partial charge in [0.1, 0.15) is 11.5 Å². The van der Waals surface area contributed by atoms with Crippen LogP contribution >= 0.6 is 0 Å². The lowest BCUT2D eigenvalue weighted by atomic mass is 9.74. The van der Waals surface area contributed by atoms with Crippen LogP contribution in [0, 0.1) is 6.92 Å². The van der Waals surface area contributed by atoms with Crippen molar-refractivity contribution >= 4 is 5.97 Å². The molecule has 0 aliphatic rings. The SMILES string of the molecule is CCC(CCCN(C)CCc1ccc(C)c(OC)c1)(C(=O)OC)c1ccc(OC)c(CO)c1. The van der Waals surface area contributed by atoms with Crippen molar-refractivity contribution in [3.63, 3.8) is 0 Å². The number of rotatable bonds is 13. The number of aliphatic hydroxyl groups excluding tert-OH is 1. The van der Waals surface area contributed by atoms with Gasteiger partial charge >= 0.3 is 5.97 Å². The predicted octanol–water partition coefficient (Wildman–Crippen LogP) is 4.28. The van der Waals surface area contributed by atoms with E-state index in [-0.39, 0.29) is 12.6 Å². The maximum Gasteiger partial charge on any atom is 0.316 e. The van der Waals surface area contributed by atoms with Crippen LogP contribution in [0.1, 0.15) is 48.4 Å². The van der Waals surface area contributed by atoms with Gasteiger partial charge in [-0.1, -0.05) is 25.1 Å². The third-order valence-corrected chi connectivity index (χ3v) is 6.58. The van der Waals surface area contributed by atoms with Crippen molar-refractivity contribution < 1.29 is 24.1 Å². The second-order valence-electron chi connectivity index (χ2n) is 8.57. The lowest BCUT2D eigenvalue weighted by molar-refractivity contribution is -0.148. The number of hydrogen-bond donors (Lipinski definition) is 1. The summed E-state index contributed by atoms with van der Waals surface area (Å²) >= 11 is 0. The van der Waals surface area contributed by atoms with E-state index in [1.807, 2.05) is 32.0 Å². The van der Waals surface area contributed by atoms with Gasteiger partial charge in [-0.2, -0.15) is 0 Å². The molecule has 2 rings (SSSR count). The summed E-state index contributed by atoms with van der Waals surface area (Å²) in [6, 6.07) is 11.9. The standard InChI is InChI=1S/C27H39NO5/c1-7-27(26(30)33-6,23-11-12-24(31-4)22(18-23)19-29)14-8-15-28(3)16-13-21-10-9-20(2)25(17-21)32-5/h9-12,17-18,29H,7-8,13-16,19H2,1-6H3. The van der Waals surface area contributed by atoms with Gasteiger partial charge in [0.05, 0.1) is 33.4 Å². The quantitative estimate of drug-likeness (QED) is 0.453. The number of methoxy groups -OCH3 is 3. The maximum absolute atomic E-state index is 13.0. The molecule has 33 heavy (non-hydrogen) atoms. The smallest absolute Gasteiger partial charge is 0.316 e. The van der Waals surface area contributed by atoms with Crippen LogP contribution in [-0.4, -0.2) is 57.4 Å². The molecule has 2 aromatic carbocycles. The number of nitrogens with zero attached hydrogens (tertiary/aromatic N) is 1. The summed E-state index contributed by atoms with van der Waals surface area (Å²) in [4.78, 5) is 15.2. The van der Waals surface area contributed by atoms with Crippen molar-refractivity contribution in [3.05, 3.63) is 58.7 Å². The molecule has 0 heterocycles. The molecule has 0 saturated carbocycles. The highest BCUT2D eigenvalue weighted by atomic mass is 16.5. The summed E-state index contributed by atoms with van der Waals surface area (Å²) < 4.78 is 16.0. The molecule has 0 saturated heterocycles. The van der Waals surface area contributed by atoms with Gasteiger partial charge in [0, 0.05) is 12.1 Å². The van der Waals surface area contributed by atoms with Gasteiger partial charge in [-0.15, -0.1) is 0 Å². The number of likely N-dealkylation sites (N-methyl/N-ethyl adjacent to an activating group) is 1. The Hall–Kier alpha value is -2.57. The van der Waals surface area contributed by atoms with Crippen molar-refractivity contribution in [2.24, 2.45) is 0 Å². The van der Waals surface area contributed by atoms with Gasteiger partial charge in [0.15, 0.2) is 0 Å². The number of benzene rings is 2. The summed E-state index contributed by atoms with van der Waals surface area (Å²) in [5.41, 5.74) is 3.15. The van der Waals surface area contributed by atoms with Crippen LogP contribution in [0.25, 0.3) is 0 Å². The van der Waals surface area contributed by atoms with Crippen LogP contribution < -0.4 is 9.47 Å². The fourth-order valence-electron chi connectivity index (χ4n) is 4.39. The first kappa shape index (κ1) is 26.7. The van der Waals surface area contributed by atoms with E-state index >= 15 is 0 Å². The molecule has 182 valence electrons. The van der Waals surface area contributed by atoms with E-state index in [9.17, 15) is 9.90 Å². The molecule has 6 nitrogen and oxygen atoms in total. The Balaban J connectivity index is 2.07. The number of carbonyl (C=O) groups is 1. The van der Waals surface area contributed by atoms with E-state index in [2.05, 4.69) is 30.1 Å². The predicted molar refractivity (Wildman–Crippen MR) is 131 cm³/mol. The zero-order valence-electron chi connectivity index (χ0n) is 20.9. The van der Waals surface area contributed by atoms with E-state index in [0.717, 1.165) is 42.8 Å². The molecular weight excluding hydrogens is 418 g/mol. The van der Waals surface area contributed by atoms with E-state index in [1.54, 1.807) is 14.2 Å². The minimum absolute atomic E-state index is 0.148. The first-order valence-electron chi connectivity index (χ1n) is 11.5. The molecule has 1 unspecified atom stereocenters. The molecule has 1 atom stereocenters. The van der Waals surface area contributed by atoms with Crippen LogP contribution in [0.4, 0.5) is 0 Å². The van der Waals surface area contributed by atoms with Crippen LogP contribution in [0.15, 0.2) is 36.4 Å². The Kier molecular flexibility index (Phi) is 10.2. The molecule has 6 heteroatoms. The average molecular weight is 458 g/mol. The number of carbonyl (C=O) groups excluding carboxylic acids is 1. The van der Waals surface area contributed by atoms with Crippen LogP contribution in [0.5, 0.6) is 11.5 Å². The molecule has 2 aromatic rings. The molecule has 1 N–H and O–H groups in total. The van der Waals surface area contributed by atoms with E-state index in [0.29, 0.717) is 24.2 Å². The highest BCUT2D eigenvalue weighted by molar-refractivity contribution is 5.83.